The molecule has 0 N–H and O–H groups in total. The first-order valence-electron chi connectivity index (χ1n) is 4.66. The number of hydrogen-bond donors (Lipinski definition) is 0. The van der Waals surface area contributed by atoms with Gasteiger partial charge in [0, 0.05) is 0 Å². The van der Waals surface area contributed by atoms with Gasteiger partial charge in [0.1, 0.15) is 5.75 Å². The number of furan rings is 1. The van der Waals surface area contributed by atoms with Crippen molar-refractivity contribution in [3.05, 3.63) is 64.6 Å². The van der Waals surface area contributed by atoms with Gasteiger partial charge < -0.3 is 9.15 Å². The van der Waals surface area contributed by atoms with Gasteiger partial charge in [-0.3, -0.25) is 10.1 Å². The van der Waals surface area contributed by atoms with Gasteiger partial charge in [0.05, 0.1) is 11.2 Å². The summed E-state index contributed by atoms with van der Waals surface area (Å²) in [6, 6.07) is 11.7. The number of ether oxygens (including phenoxy) is 1. The zero-order chi connectivity index (χ0) is 11.4. The topological polar surface area (TPSA) is 65.5 Å². The lowest BCUT2D eigenvalue weighted by Crippen LogP contribution is -2.16. The van der Waals surface area contributed by atoms with E-state index in [0.717, 1.165) is 0 Å². The minimum absolute atomic E-state index is 0.175. The highest BCUT2D eigenvalue weighted by atomic mass is 16.7. The van der Waals surface area contributed by atoms with Crippen LogP contribution in [0.15, 0.2) is 53.1 Å². The molecular formula is C11H9NO4. The van der Waals surface area contributed by atoms with Crippen molar-refractivity contribution < 1.29 is 14.1 Å². The molecule has 0 radical (unpaired) electrons. The first-order valence-corrected chi connectivity index (χ1v) is 4.66. The van der Waals surface area contributed by atoms with Crippen molar-refractivity contribution in [3.63, 3.8) is 0 Å². The Morgan fingerprint density at radius 2 is 1.94 bits per heavy atom. The molecule has 1 aromatic heterocycles. The maximum absolute atomic E-state index is 10.8. The molecule has 0 aliphatic rings. The molecule has 0 fully saturated rings. The van der Waals surface area contributed by atoms with Crippen molar-refractivity contribution in [2.45, 2.75) is 6.23 Å². The van der Waals surface area contributed by atoms with Crippen LogP contribution in [0, 0.1) is 10.1 Å². The van der Waals surface area contributed by atoms with Gasteiger partial charge in [0.15, 0.2) is 0 Å². The Hall–Kier alpha value is -2.30. The molecule has 1 atom stereocenters. The fraction of sp³-hybridized carbons (Fsp3) is 0.0909. The number of nitrogens with zero attached hydrogens (tertiary/aromatic N) is 1. The Bertz CT molecular complexity index is 452. The van der Waals surface area contributed by atoms with E-state index in [1.807, 2.05) is 0 Å². The van der Waals surface area contributed by atoms with E-state index >= 15 is 0 Å². The summed E-state index contributed by atoms with van der Waals surface area (Å²) in [6.45, 7) is 0. The van der Waals surface area contributed by atoms with Crippen LogP contribution in [0.5, 0.6) is 5.75 Å². The van der Waals surface area contributed by atoms with Crippen LogP contribution < -0.4 is 4.74 Å². The minimum atomic E-state index is -1.31. The van der Waals surface area contributed by atoms with E-state index in [9.17, 15) is 10.1 Å². The van der Waals surface area contributed by atoms with Gasteiger partial charge >= 0.3 is 6.23 Å². The monoisotopic (exact) mass is 219 g/mol. The number of benzene rings is 1. The van der Waals surface area contributed by atoms with Crippen LogP contribution in [-0.4, -0.2) is 4.92 Å². The molecule has 0 aliphatic heterocycles. The second-order valence-electron chi connectivity index (χ2n) is 3.08. The Labute approximate surface area is 91.4 Å². The highest BCUT2D eigenvalue weighted by Gasteiger charge is 2.27. The van der Waals surface area contributed by atoms with E-state index in [2.05, 4.69) is 0 Å². The van der Waals surface area contributed by atoms with Crippen LogP contribution in [-0.2, 0) is 0 Å². The Kier molecular flexibility index (Phi) is 2.86. The van der Waals surface area contributed by atoms with E-state index in [1.165, 1.54) is 12.3 Å². The molecule has 2 rings (SSSR count). The van der Waals surface area contributed by atoms with Gasteiger partial charge in [-0.1, -0.05) is 18.2 Å². The molecule has 1 aromatic carbocycles. The molecular weight excluding hydrogens is 210 g/mol. The Morgan fingerprint density at radius 1 is 1.19 bits per heavy atom. The third-order valence-electron chi connectivity index (χ3n) is 1.97. The molecule has 2 aromatic rings. The van der Waals surface area contributed by atoms with Crippen LogP contribution in [0.2, 0.25) is 0 Å². The van der Waals surface area contributed by atoms with Crippen molar-refractivity contribution in [3.8, 4) is 5.75 Å². The Balaban J connectivity index is 2.19. The molecule has 0 bridgehead atoms. The first-order chi connectivity index (χ1) is 7.77. The number of para-hydroxylation sites is 1. The largest absolute Gasteiger partial charge is 0.458 e. The standard InChI is InChI=1S/C11H9NO4/c13-12(14)11(10-7-4-8-15-10)16-9-5-2-1-3-6-9/h1-8,11H. The van der Waals surface area contributed by atoms with Gasteiger partial charge in [0.2, 0.25) is 5.76 Å². The lowest BCUT2D eigenvalue weighted by Gasteiger charge is -2.09. The summed E-state index contributed by atoms with van der Waals surface area (Å²) >= 11 is 0. The van der Waals surface area contributed by atoms with Gasteiger partial charge in [0.25, 0.3) is 0 Å². The van der Waals surface area contributed by atoms with Gasteiger partial charge in [-0.15, -0.1) is 0 Å². The van der Waals surface area contributed by atoms with E-state index in [0.29, 0.717) is 5.75 Å². The van der Waals surface area contributed by atoms with Crippen molar-refractivity contribution in [2.24, 2.45) is 0 Å². The van der Waals surface area contributed by atoms with Crippen LogP contribution in [0.3, 0.4) is 0 Å². The summed E-state index contributed by atoms with van der Waals surface area (Å²) in [5.41, 5.74) is 0. The molecule has 0 spiro atoms. The number of hydrogen-bond acceptors (Lipinski definition) is 4. The predicted molar refractivity (Wildman–Crippen MR) is 55.5 cm³/mol. The van der Waals surface area contributed by atoms with Crippen LogP contribution >= 0.6 is 0 Å². The Morgan fingerprint density at radius 3 is 2.50 bits per heavy atom. The molecule has 0 saturated carbocycles. The highest BCUT2D eigenvalue weighted by Crippen LogP contribution is 2.22. The van der Waals surface area contributed by atoms with Crippen LogP contribution in [0.1, 0.15) is 12.0 Å². The molecule has 16 heavy (non-hydrogen) atoms. The van der Waals surface area contributed by atoms with E-state index in [1.54, 1.807) is 36.4 Å². The van der Waals surface area contributed by atoms with Gasteiger partial charge in [-0.2, -0.15) is 0 Å². The van der Waals surface area contributed by atoms with Crippen LogP contribution in [0.4, 0.5) is 0 Å². The van der Waals surface area contributed by atoms with Crippen LogP contribution in [0.25, 0.3) is 0 Å². The van der Waals surface area contributed by atoms with Crippen molar-refractivity contribution in [1.29, 1.82) is 0 Å². The van der Waals surface area contributed by atoms with E-state index < -0.39 is 11.2 Å². The summed E-state index contributed by atoms with van der Waals surface area (Å²) in [4.78, 5) is 10.3. The number of rotatable bonds is 4. The molecule has 1 heterocycles. The maximum atomic E-state index is 10.8. The molecule has 1 unspecified atom stereocenters. The van der Waals surface area contributed by atoms with Gasteiger partial charge in [-0.05, 0) is 24.3 Å². The predicted octanol–water partition coefficient (Wildman–Crippen LogP) is 2.63. The summed E-state index contributed by atoms with van der Waals surface area (Å²) in [6.07, 6.45) is 0.0672. The SMILES string of the molecule is O=[N+]([O-])C(Oc1ccccc1)c1ccco1. The molecule has 82 valence electrons. The fourth-order valence-electron chi connectivity index (χ4n) is 1.26. The lowest BCUT2D eigenvalue weighted by molar-refractivity contribution is -0.573. The second kappa shape index (κ2) is 4.48. The normalized spacial score (nSPS) is 12.0. The van der Waals surface area contributed by atoms with Crippen molar-refractivity contribution in [1.82, 2.24) is 0 Å². The lowest BCUT2D eigenvalue weighted by atomic mass is 10.3. The summed E-state index contributed by atoms with van der Waals surface area (Å²) in [7, 11) is 0. The minimum Gasteiger partial charge on any atom is -0.458 e. The highest BCUT2D eigenvalue weighted by molar-refractivity contribution is 5.21. The smallest absolute Gasteiger partial charge is 0.413 e. The van der Waals surface area contributed by atoms with Gasteiger partial charge in [-0.25, -0.2) is 0 Å². The third kappa shape index (κ3) is 2.20. The van der Waals surface area contributed by atoms with Crippen molar-refractivity contribution >= 4 is 0 Å². The molecule has 5 heteroatoms. The quantitative estimate of drug-likeness (QED) is 0.450. The molecule has 5 nitrogen and oxygen atoms in total. The zero-order valence-corrected chi connectivity index (χ0v) is 8.28. The summed E-state index contributed by atoms with van der Waals surface area (Å²) < 4.78 is 10.2. The third-order valence-corrected chi connectivity index (χ3v) is 1.97. The molecule has 0 amide bonds. The molecule has 0 saturated heterocycles. The summed E-state index contributed by atoms with van der Waals surface area (Å²) in [5.74, 6) is 0.606. The van der Waals surface area contributed by atoms with E-state index in [4.69, 9.17) is 9.15 Å². The first kappa shape index (κ1) is 10.2. The zero-order valence-electron chi connectivity index (χ0n) is 8.28. The molecule has 0 aliphatic carbocycles. The number of nitro groups is 1. The van der Waals surface area contributed by atoms with Crippen molar-refractivity contribution in [2.75, 3.05) is 0 Å². The average molecular weight is 219 g/mol. The maximum Gasteiger partial charge on any atom is 0.413 e. The van der Waals surface area contributed by atoms with E-state index in [-0.39, 0.29) is 5.76 Å². The second-order valence-corrected chi connectivity index (χ2v) is 3.08. The average Bonchev–Trinajstić information content (AvgIpc) is 2.80. The fourth-order valence-corrected chi connectivity index (χ4v) is 1.26. The summed E-state index contributed by atoms with van der Waals surface area (Å²) in [5, 5.41) is 10.8.